The number of amides is 1. The van der Waals surface area contributed by atoms with E-state index in [0.29, 0.717) is 31.6 Å². The minimum atomic E-state index is -0.121. The third kappa shape index (κ3) is 5.80. The molecule has 1 aromatic rings. The fourth-order valence-electron chi connectivity index (χ4n) is 5.00. The monoisotopic (exact) mass is 418 g/mol. The molecule has 6 heteroatoms. The lowest BCUT2D eigenvalue weighted by Gasteiger charge is -2.37. The van der Waals surface area contributed by atoms with Gasteiger partial charge in [0.05, 0.1) is 6.10 Å². The van der Waals surface area contributed by atoms with Crippen LogP contribution in [0.4, 0.5) is 4.39 Å². The number of hydrogen-bond acceptors (Lipinski definition) is 4. The highest BCUT2D eigenvalue weighted by molar-refractivity contribution is 5.79. The summed E-state index contributed by atoms with van der Waals surface area (Å²) in [4.78, 5) is 17.7. The summed E-state index contributed by atoms with van der Waals surface area (Å²) >= 11 is 0. The Morgan fingerprint density at radius 2 is 1.80 bits per heavy atom. The van der Waals surface area contributed by atoms with Crippen LogP contribution in [0.25, 0.3) is 0 Å². The van der Waals surface area contributed by atoms with E-state index in [4.69, 9.17) is 9.47 Å². The van der Waals surface area contributed by atoms with Gasteiger partial charge >= 0.3 is 0 Å². The summed E-state index contributed by atoms with van der Waals surface area (Å²) in [5.41, 5.74) is 0.769. The number of rotatable bonds is 7. The zero-order valence-electron chi connectivity index (χ0n) is 17.9. The molecule has 0 radical (unpaired) electrons. The van der Waals surface area contributed by atoms with Crippen molar-refractivity contribution in [2.75, 3.05) is 46.0 Å². The van der Waals surface area contributed by atoms with E-state index in [1.54, 1.807) is 6.07 Å². The van der Waals surface area contributed by atoms with Crippen LogP contribution in [0.3, 0.4) is 0 Å². The molecule has 166 valence electrons. The van der Waals surface area contributed by atoms with Crippen LogP contribution in [-0.4, -0.2) is 67.8 Å². The number of benzene rings is 1. The Kier molecular flexibility index (Phi) is 7.74. The van der Waals surface area contributed by atoms with Gasteiger partial charge in [-0.25, -0.2) is 4.39 Å². The highest BCUT2D eigenvalue weighted by Crippen LogP contribution is 2.25. The van der Waals surface area contributed by atoms with Gasteiger partial charge in [-0.1, -0.05) is 18.2 Å². The van der Waals surface area contributed by atoms with Gasteiger partial charge in [0.2, 0.25) is 5.91 Å². The van der Waals surface area contributed by atoms with Crippen molar-refractivity contribution >= 4 is 5.91 Å². The van der Waals surface area contributed by atoms with Crippen LogP contribution >= 0.6 is 0 Å². The smallest absolute Gasteiger partial charge is 0.225 e. The molecule has 0 aromatic heterocycles. The maximum absolute atomic E-state index is 14.0. The molecule has 1 amide bonds. The molecule has 0 bridgehead atoms. The molecule has 1 atom stereocenters. The number of carbonyl (C=O) groups is 1. The number of piperidine rings is 1. The fourth-order valence-corrected chi connectivity index (χ4v) is 5.00. The van der Waals surface area contributed by atoms with Crippen LogP contribution in [0.15, 0.2) is 24.3 Å². The van der Waals surface area contributed by atoms with Gasteiger partial charge in [-0.3, -0.25) is 9.69 Å². The Morgan fingerprint density at radius 1 is 1.03 bits per heavy atom. The van der Waals surface area contributed by atoms with Crippen molar-refractivity contribution in [1.29, 1.82) is 0 Å². The molecule has 0 aliphatic carbocycles. The summed E-state index contributed by atoms with van der Waals surface area (Å²) in [5, 5.41) is 0. The Labute approximate surface area is 179 Å². The van der Waals surface area contributed by atoms with Crippen molar-refractivity contribution in [2.45, 2.75) is 51.2 Å². The van der Waals surface area contributed by atoms with E-state index in [0.717, 1.165) is 76.9 Å². The number of carbonyl (C=O) groups excluding carboxylic acids is 1. The second-order valence-corrected chi connectivity index (χ2v) is 9.08. The SMILES string of the molecule is O=C(C1CCOCC1)N(CC1CCN(Cc2ccccc2F)CC1)C[C@H]1CCCO1. The van der Waals surface area contributed by atoms with E-state index in [2.05, 4.69) is 9.80 Å². The van der Waals surface area contributed by atoms with E-state index < -0.39 is 0 Å². The van der Waals surface area contributed by atoms with Crippen LogP contribution in [-0.2, 0) is 20.8 Å². The molecule has 0 unspecified atom stereocenters. The van der Waals surface area contributed by atoms with E-state index >= 15 is 0 Å². The van der Waals surface area contributed by atoms with Crippen molar-refractivity contribution in [3.8, 4) is 0 Å². The number of nitrogens with zero attached hydrogens (tertiary/aromatic N) is 2. The maximum Gasteiger partial charge on any atom is 0.225 e. The van der Waals surface area contributed by atoms with Gasteiger partial charge < -0.3 is 14.4 Å². The Balaban J connectivity index is 1.31. The molecule has 4 rings (SSSR count). The third-order valence-corrected chi connectivity index (χ3v) is 6.87. The Hall–Kier alpha value is -1.50. The lowest BCUT2D eigenvalue weighted by molar-refractivity contribution is -0.141. The summed E-state index contributed by atoms with van der Waals surface area (Å²) in [5.74, 6) is 0.778. The molecule has 0 N–H and O–H groups in total. The first-order valence-electron chi connectivity index (χ1n) is 11.6. The van der Waals surface area contributed by atoms with Crippen LogP contribution < -0.4 is 0 Å². The van der Waals surface area contributed by atoms with Crippen molar-refractivity contribution in [1.82, 2.24) is 9.80 Å². The molecule has 1 aromatic carbocycles. The van der Waals surface area contributed by atoms with Crippen molar-refractivity contribution < 1.29 is 18.7 Å². The summed E-state index contributed by atoms with van der Waals surface area (Å²) in [6, 6.07) is 7.05. The molecular weight excluding hydrogens is 383 g/mol. The van der Waals surface area contributed by atoms with E-state index in [-0.39, 0.29) is 17.8 Å². The molecule has 3 fully saturated rings. The second kappa shape index (κ2) is 10.7. The molecular formula is C24H35FN2O3. The standard InChI is InChI=1S/C24H35FN2O3/c25-23-6-2-1-4-21(23)17-26-11-7-19(8-12-26)16-27(18-22-5-3-13-30-22)24(28)20-9-14-29-15-10-20/h1-2,4,6,19-20,22H,3,5,7-18H2/t22-/m1/s1. The zero-order chi connectivity index (χ0) is 20.8. The molecule has 3 heterocycles. The highest BCUT2D eigenvalue weighted by Gasteiger charge is 2.31. The maximum atomic E-state index is 14.0. The lowest BCUT2D eigenvalue weighted by Crippen LogP contribution is -2.46. The van der Waals surface area contributed by atoms with Gasteiger partial charge in [0, 0.05) is 50.9 Å². The number of halogens is 1. The first-order valence-corrected chi connectivity index (χ1v) is 11.6. The average molecular weight is 419 g/mol. The second-order valence-electron chi connectivity index (χ2n) is 9.08. The first kappa shape index (κ1) is 21.7. The van der Waals surface area contributed by atoms with Crippen molar-refractivity contribution in [3.05, 3.63) is 35.6 Å². The quantitative estimate of drug-likeness (QED) is 0.680. The van der Waals surface area contributed by atoms with E-state index in [1.807, 2.05) is 12.1 Å². The van der Waals surface area contributed by atoms with Gasteiger partial charge in [0.25, 0.3) is 0 Å². The molecule has 3 aliphatic heterocycles. The predicted octanol–water partition coefficient (Wildman–Crippen LogP) is 3.47. The van der Waals surface area contributed by atoms with E-state index in [9.17, 15) is 9.18 Å². The van der Waals surface area contributed by atoms with Crippen LogP contribution in [0.1, 0.15) is 44.1 Å². The summed E-state index contributed by atoms with van der Waals surface area (Å²) in [7, 11) is 0. The zero-order valence-corrected chi connectivity index (χ0v) is 17.9. The van der Waals surface area contributed by atoms with Crippen LogP contribution in [0, 0.1) is 17.7 Å². The summed E-state index contributed by atoms with van der Waals surface area (Å²) in [6.45, 7) is 6.33. The number of ether oxygens (including phenoxy) is 2. The summed E-state index contributed by atoms with van der Waals surface area (Å²) < 4.78 is 25.3. The Bertz CT molecular complexity index is 681. The van der Waals surface area contributed by atoms with Gasteiger partial charge in [0.15, 0.2) is 0 Å². The number of hydrogen-bond donors (Lipinski definition) is 0. The topological polar surface area (TPSA) is 42.0 Å². The molecule has 0 spiro atoms. The summed E-state index contributed by atoms with van der Waals surface area (Å²) in [6.07, 6.45) is 6.12. The minimum absolute atomic E-state index is 0.0984. The molecule has 30 heavy (non-hydrogen) atoms. The van der Waals surface area contributed by atoms with Crippen LogP contribution in [0.5, 0.6) is 0 Å². The third-order valence-electron chi connectivity index (χ3n) is 6.87. The molecule has 3 saturated heterocycles. The average Bonchev–Trinajstić information content (AvgIpc) is 3.29. The highest BCUT2D eigenvalue weighted by atomic mass is 19.1. The van der Waals surface area contributed by atoms with Gasteiger partial charge in [-0.2, -0.15) is 0 Å². The number of likely N-dealkylation sites (tertiary alicyclic amines) is 1. The Morgan fingerprint density at radius 3 is 2.50 bits per heavy atom. The molecule has 3 aliphatic rings. The van der Waals surface area contributed by atoms with Gasteiger partial charge in [-0.15, -0.1) is 0 Å². The normalized spacial score (nSPS) is 24.2. The molecule has 5 nitrogen and oxygen atoms in total. The lowest BCUT2D eigenvalue weighted by atomic mass is 9.93. The molecule has 0 saturated carbocycles. The van der Waals surface area contributed by atoms with Crippen molar-refractivity contribution in [2.24, 2.45) is 11.8 Å². The van der Waals surface area contributed by atoms with Crippen LogP contribution in [0.2, 0.25) is 0 Å². The van der Waals surface area contributed by atoms with Crippen molar-refractivity contribution in [3.63, 3.8) is 0 Å². The van der Waals surface area contributed by atoms with Gasteiger partial charge in [-0.05, 0) is 63.6 Å². The fraction of sp³-hybridized carbons (Fsp3) is 0.708. The van der Waals surface area contributed by atoms with Gasteiger partial charge in [0.1, 0.15) is 5.82 Å². The minimum Gasteiger partial charge on any atom is -0.381 e. The van der Waals surface area contributed by atoms with E-state index in [1.165, 1.54) is 6.07 Å². The largest absolute Gasteiger partial charge is 0.381 e. The predicted molar refractivity (Wildman–Crippen MR) is 113 cm³/mol. The first-order chi connectivity index (χ1) is 14.7.